The molecule has 2 amide bonds. The van der Waals surface area contributed by atoms with Gasteiger partial charge in [-0.1, -0.05) is 24.3 Å². The van der Waals surface area contributed by atoms with Gasteiger partial charge in [0.05, 0.1) is 5.92 Å². The number of thiol groups is 1. The lowest BCUT2D eigenvalue weighted by atomic mass is 9.98. The largest absolute Gasteiger partial charge is 0.480 e. The number of nitrogens with zero attached hydrogens (tertiary/aromatic N) is 1. The average molecular weight is 457 g/mol. The topological polar surface area (TPSA) is 105 Å². The molecular weight excluding hydrogens is 432 g/mol. The molecule has 2 heterocycles. The number of nitrogens with one attached hydrogen (secondary N) is 1. The van der Waals surface area contributed by atoms with E-state index in [4.69, 9.17) is 9.47 Å². The van der Waals surface area contributed by atoms with Gasteiger partial charge in [0.2, 0.25) is 18.6 Å². The number of carboxylic acids is 1. The van der Waals surface area contributed by atoms with Crippen molar-refractivity contribution in [2.75, 3.05) is 24.0 Å². The molecule has 168 valence electrons. The Labute approximate surface area is 190 Å². The van der Waals surface area contributed by atoms with Gasteiger partial charge in [-0.25, -0.2) is 0 Å². The number of aryl methyl sites for hydroxylation is 1. The van der Waals surface area contributed by atoms with Crippen LogP contribution in [-0.2, 0) is 27.2 Å². The maximum Gasteiger partial charge on any atom is 0.323 e. The van der Waals surface area contributed by atoms with Gasteiger partial charge in [0.25, 0.3) is 0 Å². The van der Waals surface area contributed by atoms with Gasteiger partial charge >= 0.3 is 5.97 Å². The summed E-state index contributed by atoms with van der Waals surface area (Å²) >= 11 is 4.34. The van der Waals surface area contributed by atoms with E-state index in [1.807, 2.05) is 24.3 Å². The molecule has 0 spiro atoms. The number of fused-ring (bicyclic) bond motifs is 2. The highest BCUT2D eigenvalue weighted by Crippen LogP contribution is 2.33. The second-order valence-electron chi connectivity index (χ2n) is 7.82. The Hall–Kier alpha value is -3.20. The third kappa shape index (κ3) is 4.67. The number of benzene rings is 2. The predicted octanol–water partition coefficient (Wildman–Crippen LogP) is 2.05. The number of carbonyl (C=O) groups is 3. The zero-order chi connectivity index (χ0) is 22.7. The highest BCUT2D eigenvalue weighted by molar-refractivity contribution is 7.80. The Morgan fingerprint density at radius 2 is 1.97 bits per heavy atom. The Bertz CT molecular complexity index is 1040. The van der Waals surface area contributed by atoms with Crippen molar-refractivity contribution in [3.05, 3.63) is 53.6 Å². The van der Waals surface area contributed by atoms with Crippen LogP contribution in [0, 0.1) is 5.92 Å². The number of amides is 2. The van der Waals surface area contributed by atoms with Crippen molar-refractivity contribution in [3.8, 4) is 11.5 Å². The quantitative estimate of drug-likeness (QED) is 0.551. The summed E-state index contributed by atoms with van der Waals surface area (Å²) in [5.41, 5.74) is 2.35. The van der Waals surface area contributed by atoms with Crippen LogP contribution in [0.15, 0.2) is 42.5 Å². The molecule has 1 unspecified atom stereocenters. The van der Waals surface area contributed by atoms with Crippen molar-refractivity contribution >= 4 is 36.1 Å². The molecule has 0 bridgehead atoms. The molecule has 32 heavy (non-hydrogen) atoms. The second kappa shape index (κ2) is 9.52. The van der Waals surface area contributed by atoms with Crippen molar-refractivity contribution in [2.45, 2.75) is 25.3 Å². The van der Waals surface area contributed by atoms with Crippen LogP contribution in [-0.4, -0.2) is 48.0 Å². The van der Waals surface area contributed by atoms with Crippen molar-refractivity contribution < 1.29 is 29.0 Å². The fourth-order valence-corrected chi connectivity index (χ4v) is 4.33. The van der Waals surface area contributed by atoms with Crippen LogP contribution < -0.4 is 19.7 Å². The molecule has 0 fully saturated rings. The van der Waals surface area contributed by atoms with Crippen LogP contribution in [0.4, 0.5) is 5.69 Å². The van der Waals surface area contributed by atoms with Crippen molar-refractivity contribution in [2.24, 2.45) is 5.92 Å². The van der Waals surface area contributed by atoms with Gasteiger partial charge in [0, 0.05) is 11.4 Å². The summed E-state index contributed by atoms with van der Waals surface area (Å²) in [6, 6.07) is 11.9. The normalized spacial score (nSPS) is 18.0. The molecule has 2 aromatic carbocycles. The van der Waals surface area contributed by atoms with Crippen LogP contribution in [0.25, 0.3) is 0 Å². The minimum atomic E-state index is -1.11. The van der Waals surface area contributed by atoms with Crippen LogP contribution in [0.2, 0.25) is 0 Å². The molecule has 0 saturated carbocycles. The number of ether oxygens (including phenoxy) is 2. The average Bonchev–Trinajstić information content (AvgIpc) is 3.21. The lowest BCUT2D eigenvalue weighted by Gasteiger charge is -2.26. The van der Waals surface area contributed by atoms with Crippen LogP contribution in [0.3, 0.4) is 0 Å². The molecule has 2 N–H and O–H groups in total. The highest BCUT2D eigenvalue weighted by atomic mass is 32.1. The molecule has 0 saturated heterocycles. The minimum Gasteiger partial charge on any atom is -0.480 e. The molecule has 0 aliphatic carbocycles. The van der Waals surface area contributed by atoms with Crippen molar-refractivity contribution in [1.29, 1.82) is 0 Å². The number of carboxylic acid groups (broad SMARTS) is 1. The van der Waals surface area contributed by atoms with Crippen LogP contribution in [0.5, 0.6) is 11.5 Å². The van der Waals surface area contributed by atoms with E-state index in [0.717, 1.165) is 11.1 Å². The molecular formula is C23H24N2O6S. The van der Waals surface area contributed by atoms with E-state index in [9.17, 15) is 19.5 Å². The van der Waals surface area contributed by atoms with Gasteiger partial charge in [-0.15, -0.1) is 0 Å². The molecule has 9 heteroatoms. The Balaban J connectivity index is 1.48. The number of hydrogen-bond acceptors (Lipinski definition) is 6. The summed E-state index contributed by atoms with van der Waals surface area (Å²) in [5, 5.41) is 12.2. The standard InChI is InChI=1S/C23H24N2O6S/c26-21(27)11-25-18-4-2-1-3-15(18)6-7-17(23(25)29)24-22(28)16(12-32)9-14-5-8-19-20(10-14)31-13-30-19/h1-5,8,10,16-17,32H,6-7,9,11-13H2,(H,24,28)(H,26,27)/t16-,17?/m1/s1. The molecule has 0 aromatic heterocycles. The zero-order valence-corrected chi connectivity index (χ0v) is 18.2. The van der Waals surface area contributed by atoms with Gasteiger partial charge in [-0.2, -0.15) is 12.6 Å². The fraction of sp³-hybridized carbons (Fsp3) is 0.348. The number of para-hydroxylation sites is 1. The van der Waals surface area contributed by atoms with E-state index in [2.05, 4.69) is 17.9 Å². The first-order valence-electron chi connectivity index (χ1n) is 10.4. The summed E-state index contributed by atoms with van der Waals surface area (Å²) in [4.78, 5) is 38.8. The van der Waals surface area contributed by atoms with Gasteiger partial charge in [-0.05, 0) is 48.6 Å². The van der Waals surface area contributed by atoms with Crippen molar-refractivity contribution in [3.63, 3.8) is 0 Å². The summed E-state index contributed by atoms with van der Waals surface area (Å²) in [5.74, 6) is -0.699. The van der Waals surface area contributed by atoms with Crippen molar-refractivity contribution in [1.82, 2.24) is 5.32 Å². The summed E-state index contributed by atoms with van der Waals surface area (Å²) in [6.07, 6.45) is 1.36. The van der Waals surface area contributed by atoms with E-state index in [1.54, 1.807) is 18.2 Å². The first-order chi connectivity index (χ1) is 15.5. The molecule has 4 rings (SSSR count). The fourth-order valence-electron chi connectivity index (χ4n) is 4.03. The number of aliphatic carboxylic acids is 1. The molecule has 0 radical (unpaired) electrons. The molecule has 2 aliphatic heterocycles. The summed E-state index contributed by atoms with van der Waals surface area (Å²) in [6.45, 7) is -0.288. The molecule has 2 aromatic rings. The Kier molecular flexibility index (Phi) is 6.55. The third-order valence-electron chi connectivity index (χ3n) is 5.67. The number of carbonyl (C=O) groups excluding carboxylic acids is 2. The molecule has 2 atom stereocenters. The van der Waals surface area contributed by atoms with E-state index >= 15 is 0 Å². The minimum absolute atomic E-state index is 0.175. The second-order valence-corrected chi connectivity index (χ2v) is 8.18. The van der Waals surface area contributed by atoms with E-state index < -0.39 is 30.4 Å². The number of anilines is 1. The first-order valence-corrected chi connectivity index (χ1v) is 11.0. The lowest BCUT2D eigenvalue weighted by molar-refractivity contribution is -0.137. The third-order valence-corrected chi connectivity index (χ3v) is 6.11. The van der Waals surface area contributed by atoms with Crippen LogP contribution >= 0.6 is 12.6 Å². The summed E-state index contributed by atoms with van der Waals surface area (Å²) < 4.78 is 10.7. The Morgan fingerprint density at radius 1 is 1.19 bits per heavy atom. The van der Waals surface area contributed by atoms with Gasteiger partial charge < -0.3 is 19.9 Å². The lowest BCUT2D eigenvalue weighted by Crippen LogP contribution is -2.51. The molecule has 8 nitrogen and oxygen atoms in total. The van der Waals surface area contributed by atoms with E-state index in [0.29, 0.717) is 42.2 Å². The SMILES string of the molecule is O=C(O)CN1C(=O)C(NC(=O)[C@@H](CS)Cc2ccc3c(c2)OCO3)CCc2ccccc21. The number of hydrogen-bond donors (Lipinski definition) is 3. The van der Waals surface area contributed by atoms with E-state index in [1.165, 1.54) is 4.90 Å². The first kappa shape index (κ1) is 22.0. The highest BCUT2D eigenvalue weighted by Gasteiger charge is 2.33. The van der Waals surface area contributed by atoms with Gasteiger partial charge in [0.1, 0.15) is 12.6 Å². The maximum absolute atomic E-state index is 13.2. The van der Waals surface area contributed by atoms with Gasteiger partial charge in [-0.3, -0.25) is 19.3 Å². The molecule has 2 aliphatic rings. The zero-order valence-electron chi connectivity index (χ0n) is 17.3. The predicted molar refractivity (Wildman–Crippen MR) is 120 cm³/mol. The van der Waals surface area contributed by atoms with E-state index in [-0.39, 0.29) is 12.7 Å². The Morgan fingerprint density at radius 3 is 2.75 bits per heavy atom. The smallest absolute Gasteiger partial charge is 0.323 e. The van der Waals surface area contributed by atoms with Crippen LogP contribution in [0.1, 0.15) is 17.5 Å². The maximum atomic E-state index is 13.2. The van der Waals surface area contributed by atoms with Gasteiger partial charge in [0.15, 0.2) is 11.5 Å². The number of rotatable bonds is 7. The summed E-state index contributed by atoms with van der Waals surface area (Å²) in [7, 11) is 0. The monoisotopic (exact) mass is 456 g/mol.